The summed E-state index contributed by atoms with van der Waals surface area (Å²) in [6.45, 7) is 4.88. The number of pyridine rings is 1. The van der Waals surface area contributed by atoms with Crippen molar-refractivity contribution in [2.24, 2.45) is 0 Å². The van der Waals surface area contributed by atoms with E-state index in [2.05, 4.69) is 9.97 Å². The Morgan fingerprint density at radius 2 is 1.93 bits per heavy atom. The van der Waals surface area contributed by atoms with E-state index in [1.807, 2.05) is 18.7 Å². The molecule has 0 saturated heterocycles. The molecule has 1 aromatic carbocycles. The van der Waals surface area contributed by atoms with Crippen LogP contribution in [0.4, 0.5) is 14.5 Å². The van der Waals surface area contributed by atoms with Crippen LogP contribution >= 0.6 is 11.3 Å². The molecule has 0 N–H and O–H groups in total. The number of halogens is 2. The van der Waals surface area contributed by atoms with Gasteiger partial charge < -0.3 is 4.90 Å². The van der Waals surface area contributed by atoms with Gasteiger partial charge in [-0.25, -0.2) is 14.4 Å². The fourth-order valence-electron chi connectivity index (χ4n) is 3.31. The van der Waals surface area contributed by atoms with Gasteiger partial charge in [-0.1, -0.05) is 0 Å². The van der Waals surface area contributed by atoms with Gasteiger partial charge in [0.2, 0.25) is 5.95 Å². The molecule has 29 heavy (non-hydrogen) atoms. The zero-order chi connectivity index (χ0) is 20.5. The predicted molar refractivity (Wildman–Crippen MR) is 110 cm³/mol. The highest BCUT2D eigenvalue weighted by Gasteiger charge is 2.18. The van der Waals surface area contributed by atoms with Gasteiger partial charge in [0.25, 0.3) is 5.56 Å². The number of hydrogen-bond donors (Lipinski definition) is 0. The van der Waals surface area contributed by atoms with Gasteiger partial charge in [-0.05, 0) is 50.2 Å². The van der Waals surface area contributed by atoms with Crippen LogP contribution in [0.5, 0.6) is 0 Å². The molecule has 0 amide bonds. The van der Waals surface area contributed by atoms with Gasteiger partial charge in [-0.3, -0.25) is 9.20 Å². The topological polar surface area (TPSA) is 50.5 Å². The Balaban J connectivity index is 1.76. The second kappa shape index (κ2) is 7.71. The van der Waals surface area contributed by atoms with E-state index in [0.717, 1.165) is 10.6 Å². The molecule has 148 valence electrons. The Bertz CT molecular complexity index is 1230. The minimum atomic E-state index is -0.625. The van der Waals surface area contributed by atoms with Gasteiger partial charge in [0.1, 0.15) is 5.82 Å². The van der Waals surface area contributed by atoms with E-state index in [-0.39, 0.29) is 16.9 Å². The Morgan fingerprint density at radius 3 is 2.62 bits per heavy atom. The standard InChI is InChI=1S/C21H18F2N4OS/c1-3-26(16-8-6-14(22)7-9-16)12-15-11-18(28)27-19(13(2)29-21(27)25-15)17-5-4-10-24-20(17)23/h4-11H,3,12H2,1-2H3. The van der Waals surface area contributed by atoms with Crippen molar-refractivity contribution in [2.45, 2.75) is 20.4 Å². The SMILES string of the molecule is CCN(Cc1cc(=O)n2c(-c3cccnc3F)c(C)sc2n1)c1ccc(F)cc1. The highest BCUT2D eigenvalue weighted by molar-refractivity contribution is 7.17. The van der Waals surface area contributed by atoms with E-state index in [1.54, 1.807) is 24.3 Å². The molecule has 0 saturated carbocycles. The molecule has 0 unspecified atom stereocenters. The first kappa shape index (κ1) is 19.2. The third-order valence-corrected chi connectivity index (χ3v) is 5.64. The molecule has 4 rings (SSSR count). The number of thiazole rings is 1. The molecule has 0 radical (unpaired) electrons. The van der Waals surface area contributed by atoms with Gasteiger partial charge in [0, 0.05) is 29.4 Å². The number of anilines is 1. The van der Waals surface area contributed by atoms with Crippen molar-refractivity contribution in [3.63, 3.8) is 0 Å². The largest absolute Gasteiger partial charge is 0.366 e. The molecule has 0 spiro atoms. The summed E-state index contributed by atoms with van der Waals surface area (Å²) in [5.41, 5.74) is 1.92. The van der Waals surface area contributed by atoms with E-state index in [9.17, 15) is 13.6 Å². The maximum absolute atomic E-state index is 14.2. The summed E-state index contributed by atoms with van der Waals surface area (Å²) in [5, 5.41) is 0. The van der Waals surface area contributed by atoms with E-state index in [1.165, 1.54) is 40.1 Å². The summed E-state index contributed by atoms with van der Waals surface area (Å²) in [6.07, 6.45) is 1.37. The normalized spacial score (nSPS) is 11.2. The monoisotopic (exact) mass is 412 g/mol. The van der Waals surface area contributed by atoms with Crippen LogP contribution < -0.4 is 10.5 Å². The van der Waals surface area contributed by atoms with E-state index in [0.29, 0.717) is 29.4 Å². The zero-order valence-electron chi connectivity index (χ0n) is 15.9. The first-order chi connectivity index (χ1) is 14.0. The third-order valence-electron chi connectivity index (χ3n) is 4.68. The second-order valence-electron chi connectivity index (χ2n) is 6.54. The van der Waals surface area contributed by atoms with Gasteiger partial charge >= 0.3 is 0 Å². The molecule has 0 aliphatic carbocycles. The lowest BCUT2D eigenvalue weighted by Gasteiger charge is -2.22. The van der Waals surface area contributed by atoms with Crippen molar-refractivity contribution < 1.29 is 8.78 Å². The first-order valence-electron chi connectivity index (χ1n) is 9.11. The molecule has 3 aromatic heterocycles. The fourth-order valence-corrected chi connectivity index (χ4v) is 4.32. The molecule has 3 heterocycles. The minimum Gasteiger partial charge on any atom is -0.366 e. The van der Waals surface area contributed by atoms with E-state index in [4.69, 9.17) is 0 Å². The van der Waals surface area contributed by atoms with Crippen molar-refractivity contribution in [3.05, 3.63) is 81.4 Å². The summed E-state index contributed by atoms with van der Waals surface area (Å²) in [7, 11) is 0. The average molecular weight is 412 g/mol. The molecule has 0 fully saturated rings. The fraction of sp³-hybridized carbons (Fsp3) is 0.190. The molecular formula is C21H18F2N4OS. The molecule has 0 atom stereocenters. The van der Waals surface area contributed by atoms with Crippen LogP contribution in [0.1, 0.15) is 17.5 Å². The Kier molecular flexibility index (Phi) is 5.10. The second-order valence-corrected chi connectivity index (χ2v) is 7.72. The zero-order valence-corrected chi connectivity index (χ0v) is 16.7. The van der Waals surface area contributed by atoms with Crippen LogP contribution in [0.2, 0.25) is 0 Å². The Morgan fingerprint density at radius 1 is 1.17 bits per heavy atom. The number of rotatable bonds is 5. The maximum Gasteiger partial charge on any atom is 0.259 e. The summed E-state index contributed by atoms with van der Waals surface area (Å²) >= 11 is 1.33. The van der Waals surface area contributed by atoms with Crippen LogP contribution in [-0.2, 0) is 6.54 Å². The smallest absolute Gasteiger partial charge is 0.259 e. The molecule has 0 aliphatic heterocycles. The lowest BCUT2D eigenvalue weighted by atomic mass is 10.2. The molecule has 5 nitrogen and oxygen atoms in total. The number of nitrogens with zero attached hydrogens (tertiary/aromatic N) is 4. The lowest BCUT2D eigenvalue weighted by molar-refractivity contribution is 0.586. The first-order valence-corrected chi connectivity index (χ1v) is 9.93. The van der Waals surface area contributed by atoms with Crippen LogP contribution in [0.3, 0.4) is 0 Å². The third kappa shape index (κ3) is 3.63. The van der Waals surface area contributed by atoms with E-state index < -0.39 is 5.95 Å². The molecular weight excluding hydrogens is 394 g/mol. The number of benzene rings is 1. The van der Waals surface area contributed by atoms with Crippen LogP contribution in [-0.4, -0.2) is 20.9 Å². The number of aryl methyl sites for hydroxylation is 1. The van der Waals surface area contributed by atoms with Crippen LogP contribution in [0.25, 0.3) is 16.2 Å². The van der Waals surface area contributed by atoms with Gasteiger partial charge in [0.15, 0.2) is 4.96 Å². The van der Waals surface area contributed by atoms with Gasteiger partial charge in [-0.15, -0.1) is 11.3 Å². The van der Waals surface area contributed by atoms with Crippen LogP contribution in [0.15, 0.2) is 53.5 Å². The molecule has 0 aliphatic rings. The van der Waals surface area contributed by atoms with Crippen LogP contribution in [0, 0.1) is 18.7 Å². The van der Waals surface area contributed by atoms with Crippen molar-refractivity contribution in [1.29, 1.82) is 0 Å². The van der Waals surface area contributed by atoms with E-state index >= 15 is 0 Å². The summed E-state index contributed by atoms with van der Waals surface area (Å²) < 4.78 is 28.9. The quantitative estimate of drug-likeness (QED) is 0.455. The summed E-state index contributed by atoms with van der Waals surface area (Å²) in [6, 6.07) is 10.9. The highest BCUT2D eigenvalue weighted by Crippen LogP contribution is 2.30. The molecule has 4 aromatic rings. The highest BCUT2D eigenvalue weighted by atomic mass is 32.1. The summed E-state index contributed by atoms with van der Waals surface area (Å²) in [4.78, 5) is 24.5. The summed E-state index contributed by atoms with van der Waals surface area (Å²) in [5.74, 6) is -0.924. The molecule has 8 heteroatoms. The van der Waals surface area contributed by atoms with Crippen molar-refractivity contribution in [1.82, 2.24) is 14.4 Å². The maximum atomic E-state index is 14.2. The van der Waals surface area contributed by atoms with Crippen molar-refractivity contribution in [2.75, 3.05) is 11.4 Å². The lowest BCUT2D eigenvalue weighted by Crippen LogP contribution is -2.24. The van der Waals surface area contributed by atoms with Crippen molar-refractivity contribution >= 4 is 22.0 Å². The van der Waals surface area contributed by atoms with Gasteiger partial charge in [0.05, 0.1) is 23.5 Å². The Labute approximate surface area is 169 Å². The van der Waals surface area contributed by atoms with Gasteiger partial charge in [-0.2, -0.15) is 4.39 Å². The van der Waals surface area contributed by atoms with Crippen molar-refractivity contribution in [3.8, 4) is 11.3 Å². The molecule has 0 bridgehead atoms. The Hall–Kier alpha value is -3.13. The predicted octanol–water partition coefficient (Wildman–Crippen LogP) is 4.43. The minimum absolute atomic E-state index is 0.273. The number of aromatic nitrogens is 3. The number of fused-ring (bicyclic) bond motifs is 1. The number of hydrogen-bond acceptors (Lipinski definition) is 5. The average Bonchev–Trinajstić information content (AvgIpc) is 3.03.